The fourth-order valence-corrected chi connectivity index (χ4v) is 2.80. The molecular weight excluding hydrogens is 261 g/mol. The maximum Gasteiger partial charge on any atom is 0.131 e. The molecule has 108 valence electrons. The summed E-state index contributed by atoms with van der Waals surface area (Å²) in [5, 5.41) is 3.44. The van der Waals surface area contributed by atoms with Crippen molar-refractivity contribution < 1.29 is 9.13 Å². The van der Waals surface area contributed by atoms with E-state index in [4.69, 9.17) is 4.74 Å². The van der Waals surface area contributed by atoms with Crippen LogP contribution in [0.15, 0.2) is 18.2 Å². The Morgan fingerprint density at radius 3 is 2.68 bits per heavy atom. The highest BCUT2D eigenvalue weighted by molar-refractivity contribution is 7.99. The van der Waals surface area contributed by atoms with E-state index in [0.717, 1.165) is 17.9 Å². The van der Waals surface area contributed by atoms with Crippen LogP contribution >= 0.6 is 11.8 Å². The van der Waals surface area contributed by atoms with E-state index in [9.17, 15) is 4.39 Å². The normalized spacial score (nSPS) is 14.2. The van der Waals surface area contributed by atoms with Crippen LogP contribution in [0, 0.1) is 5.82 Å². The summed E-state index contributed by atoms with van der Waals surface area (Å²) in [7, 11) is 1.55. The van der Waals surface area contributed by atoms with E-state index in [2.05, 4.69) is 19.2 Å². The van der Waals surface area contributed by atoms with Crippen LogP contribution in [0.4, 0.5) is 4.39 Å². The summed E-state index contributed by atoms with van der Waals surface area (Å²) in [5.74, 6) is 2.63. The second kappa shape index (κ2) is 8.43. The van der Waals surface area contributed by atoms with E-state index in [1.54, 1.807) is 19.2 Å². The van der Waals surface area contributed by atoms with Gasteiger partial charge in [-0.3, -0.25) is 0 Å². The van der Waals surface area contributed by atoms with Crippen molar-refractivity contribution in [2.45, 2.75) is 39.3 Å². The average Bonchev–Trinajstić information content (AvgIpc) is 2.38. The lowest BCUT2D eigenvalue weighted by Crippen LogP contribution is -2.29. The molecule has 0 spiro atoms. The lowest BCUT2D eigenvalue weighted by molar-refractivity contribution is 0.408. The number of thioether (sulfide) groups is 1. The van der Waals surface area contributed by atoms with Crippen molar-refractivity contribution >= 4 is 11.8 Å². The molecule has 1 N–H and O–H groups in total. The largest absolute Gasteiger partial charge is 0.497 e. The maximum atomic E-state index is 13.9. The number of nitrogens with one attached hydrogen (secondary N) is 1. The lowest BCUT2D eigenvalue weighted by Gasteiger charge is -2.21. The van der Waals surface area contributed by atoms with Crippen LogP contribution in [0.1, 0.15) is 38.8 Å². The van der Waals surface area contributed by atoms with Crippen LogP contribution in [0.25, 0.3) is 0 Å². The molecule has 0 bridgehead atoms. The van der Waals surface area contributed by atoms with E-state index >= 15 is 0 Å². The van der Waals surface area contributed by atoms with E-state index in [0.29, 0.717) is 17.4 Å². The summed E-state index contributed by atoms with van der Waals surface area (Å²) in [5.41, 5.74) is 0.691. The van der Waals surface area contributed by atoms with Crippen molar-refractivity contribution in [3.05, 3.63) is 29.6 Å². The molecule has 0 fully saturated rings. The van der Waals surface area contributed by atoms with Crippen molar-refractivity contribution in [3.63, 3.8) is 0 Å². The van der Waals surface area contributed by atoms with Gasteiger partial charge in [-0.15, -0.1) is 0 Å². The summed E-state index contributed by atoms with van der Waals surface area (Å²) in [6, 6.07) is 5.42. The van der Waals surface area contributed by atoms with Crippen molar-refractivity contribution in [1.82, 2.24) is 5.32 Å². The SMILES string of the molecule is CCSCCC(C)NC(C)c1ccc(OC)cc1F. The van der Waals surface area contributed by atoms with Gasteiger partial charge in [-0.05, 0) is 37.8 Å². The Bertz CT molecular complexity index is 386. The Balaban J connectivity index is 2.55. The predicted octanol–water partition coefficient (Wildman–Crippen LogP) is 4.02. The van der Waals surface area contributed by atoms with Crippen molar-refractivity contribution in [2.24, 2.45) is 0 Å². The highest BCUT2D eigenvalue weighted by Gasteiger charge is 2.13. The molecule has 0 aliphatic carbocycles. The second-order valence-corrected chi connectivity index (χ2v) is 6.06. The molecule has 0 aliphatic rings. The van der Waals surface area contributed by atoms with E-state index in [1.165, 1.54) is 6.07 Å². The van der Waals surface area contributed by atoms with Gasteiger partial charge in [-0.25, -0.2) is 4.39 Å². The summed E-state index contributed by atoms with van der Waals surface area (Å²) < 4.78 is 18.9. The Morgan fingerprint density at radius 1 is 1.37 bits per heavy atom. The summed E-state index contributed by atoms with van der Waals surface area (Å²) >= 11 is 1.94. The molecule has 1 aromatic carbocycles. The second-order valence-electron chi connectivity index (χ2n) is 4.66. The van der Waals surface area contributed by atoms with Gasteiger partial charge < -0.3 is 10.1 Å². The van der Waals surface area contributed by atoms with Crippen molar-refractivity contribution in [1.29, 1.82) is 0 Å². The van der Waals surface area contributed by atoms with Gasteiger partial charge in [0, 0.05) is 23.7 Å². The number of halogens is 1. The van der Waals surface area contributed by atoms with Crippen LogP contribution in [-0.2, 0) is 0 Å². The molecule has 4 heteroatoms. The van der Waals surface area contributed by atoms with Gasteiger partial charge in [0.05, 0.1) is 7.11 Å². The number of methoxy groups -OCH3 is 1. The standard InChI is InChI=1S/C15H24FNOS/c1-5-19-9-8-11(2)17-12(3)14-7-6-13(18-4)10-15(14)16/h6-7,10-12,17H,5,8-9H2,1-4H3. The minimum absolute atomic E-state index is 0.00697. The molecule has 2 nitrogen and oxygen atoms in total. The third-order valence-electron chi connectivity index (χ3n) is 3.11. The predicted molar refractivity (Wildman–Crippen MR) is 81.6 cm³/mol. The Morgan fingerprint density at radius 2 is 2.11 bits per heavy atom. The van der Waals surface area contributed by atoms with Gasteiger partial charge in [0.2, 0.25) is 0 Å². The van der Waals surface area contributed by atoms with Crippen LogP contribution < -0.4 is 10.1 Å². The van der Waals surface area contributed by atoms with Gasteiger partial charge in [0.1, 0.15) is 11.6 Å². The zero-order valence-corrected chi connectivity index (χ0v) is 13.0. The minimum Gasteiger partial charge on any atom is -0.497 e. The van der Waals surface area contributed by atoms with E-state index < -0.39 is 0 Å². The first-order valence-corrected chi connectivity index (χ1v) is 7.91. The maximum absolute atomic E-state index is 13.9. The molecule has 2 atom stereocenters. The fourth-order valence-electron chi connectivity index (χ4n) is 1.99. The minimum atomic E-state index is -0.213. The highest BCUT2D eigenvalue weighted by Crippen LogP contribution is 2.22. The molecular formula is C15H24FNOS. The lowest BCUT2D eigenvalue weighted by atomic mass is 10.1. The molecule has 19 heavy (non-hydrogen) atoms. The topological polar surface area (TPSA) is 21.3 Å². The van der Waals surface area contributed by atoms with Crippen LogP contribution in [0.5, 0.6) is 5.75 Å². The monoisotopic (exact) mass is 285 g/mol. The van der Waals surface area contributed by atoms with E-state index in [-0.39, 0.29) is 11.9 Å². The van der Waals surface area contributed by atoms with Gasteiger partial charge >= 0.3 is 0 Å². The number of ether oxygens (including phenoxy) is 1. The molecule has 0 saturated carbocycles. The Hall–Kier alpha value is -0.740. The third-order valence-corrected chi connectivity index (χ3v) is 4.04. The molecule has 2 unspecified atom stereocenters. The quantitative estimate of drug-likeness (QED) is 0.729. The molecule has 0 saturated heterocycles. The Labute approximate surface area is 120 Å². The van der Waals surface area contributed by atoms with Crippen LogP contribution in [-0.4, -0.2) is 24.7 Å². The number of hydrogen-bond acceptors (Lipinski definition) is 3. The molecule has 0 aromatic heterocycles. The zero-order valence-electron chi connectivity index (χ0n) is 12.2. The van der Waals surface area contributed by atoms with Crippen molar-refractivity contribution in [2.75, 3.05) is 18.6 Å². The molecule has 0 amide bonds. The molecule has 0 heterocycles. The number of benzene rings is 1. The smallest absolute Gasteiger partial charge is 0.131 e. The van der Waals surface area contributed by atoms with Crippen LogP contribution in [0.3, 0.4) is 0 Å². The number of hydrogen-bond donors (Lipinski definition) is 1. The first kappa shape index (κ1) is 16.3. The third kappa shape index (κ3) is 5.41. The van der Waals surface area contributed by atoms with Crippen LogP contribution in [0.2, 0.25) is 0 Å². The zero-order chi connectivity index (χ0) is 14.3. The molecule has 0 radical (unpaired) electrons. The highest BCUT2D eigenvalue weighted by atomic mass is 32.2. The first-order valence-electron chi connectivity index (χ1n) is 6.75. The van der Waals surface area contributed by atoms with Gasteiger partial charge in [0.15, 0.2) is 0 Å². The first-order chi connectivity index (χ1) is 9.08. The Kier molecular flexibility index (Phi) is 7.24. The summed E-state index contributed by atoms with van der Waals surface area (Å²) in [4.78, 5) is 0. The van der Waals surface area contributed by atoms with Gasteiger partial charge in [-0.2, -0.15) is 11.8 Å². The molecule has 1 aromatic rings. The molecule has 1 rings (SSSR count). The summed E-state index contributed by atoms with van der Waals surface area (Å²) in [6.45, 7) is 6.31. The molecule has 0 aliphatic heterocycles. The average molecular weight is 285 g/mol. The fraction of sp³-hybridized carbons (Fsp3) is 0.600. The van der Waals surface area contributed by atoms with E-state index in [1.807, 2.05) is 18.7 Å². The number of rotatable bonds is 8. The summed E-state index contributed by atoms with van der Waals surface area (Å²) in [6.07, 6.45) is 1.10. The van der Waals surface area contributed by atoms with Gasteiger partial charge in [-0.1, -0.05) is 13.0 Å². The van der Waals surface area contributed by atoms with Gasteiger partial charge in [0.25, 0.3) is 0 Å². The van der Waals surface area contributed by atoms with Crippen molar-refractivity contribution in [3.8, 4) is 5.75 Å².